The van der Waals surface area contributed by atoms with Crippen molar-refractivity contribution in [2.75, 3.05) is 7.11 Å². The van der Waals surface area contributed by atoms with E-state index in [4.69, 9.17) is 4.74 Å². The molecule has 0 spiro atoms. The number of benzene rings is 1. The van der Waals surface area contributed by atoms with Crippen LogP contribution in [-0.2, 0) is 0 Å². The quantitative estimate of drug-likeness (QED) is 0.750. The molecular formula is C11H14O3. The van der Waals surface area contributed by atoms with Crippen LogP contribution in [0.1, 0.15) is 24.2 Å². The standard InChI is InChI=1S/C11H14O3/c1-7(2)10(12)8-5-4-6-9(14-3)11(8)13/h4-7,13H,1-3H3. The number of Topliss-reactive ketones (excluding diaryl/α,β-unsaturated/α-hetero) is 1. The molecule has 0 atom stereocenters. The number of ether oxygens (including phenoxy) is 1. The van der Waals surface area contributed by atoms with Gasteiger partial charge in [-0.25, -0.2) is 0 Å². The summed E-state index contributed by atoms with van der Waals surface area (Å²) in [6.07, 6.45) is 0. The maximum Gasteiger partial charge on any atom is 0.169 e. The molecule has 0 aliphatic rings. The lowest BCUT2D eigenvalue weighted by atomic mass is 10.00. The van der Waals surface area contributed by atoms with Crippen molar-refractivity contribution in [3.05, 3.63) is 23.8 Å². The second-order valence-electron chi connectivity index (χ2n) is 3.38. The fourth-order valence-electron chi connectivity index (χ4n) is 1.20. The van der Waals surface area contributed by atoms with Gasteiger partial charge in [-0.1, -0.05) is 19.9 Å². The summed E-state index contributed by atoms with van der Waals surface area (Å²) in [6.45, 7) is 3.59. The first-order valence-electron chi connectivity index (χ1n) is 4.48. The molecular weight excluding hydrogens is 180 g/mol. The van der Waals surface area contributed by atoms with Gasteiger partial charge >= 0.3 is 0 Å². The largest absolute Gasteiger partial charge is 0.504 e. The summed E-state index contributed by atoms with van der Waals surface area (Å²) in [5, 5.41) is 9.66. The summed E-state index contributed by atoms with van der Waals surface area (Å²) < 4.78 is 4.91. The molecule has 0 radical (unpaired) electrons. The predicted octanol–water partition coefficient (Wildman–Crippen LogP) is 2.24. The Hall–Kier alpha value is -1.51. The fourth-order valence-corrected chi connectivity index (χ4v) is 1.20. The van der Waals surface area contributed by atoms with Gasteiger partial charge in [0.15, 0.2) is 17.3 Å². The van der Waals surface area contributed by atoms with Crippen molar-refractivity contribution in [1.29, 1.82) is 0 Å². The second-order valence-corrected chi connectivity index (χ2v) is 3.38. The minimum absolute atomic E-state index is 0.0753. The van der Waals surface area contributed by atoms with E-state index in [0.29, 0.717) is 11.3 Å². The Balaban J connectivity index is 3.16. The SMILES string of the molecule is COc1cccc(C(=O)C(C)C)c1O. The number of aromatic hydroxyl groups is 1. The van der Waals surface area contributed by atoms with Crippen molar-refractivity contribution >= 4 is 5.78 Å². The summed E-state index contributed by atoms with van der Waals surface area (Å²) in [4.78, 5) is 11.6. The fraction of sp³-hybridized carbons (Fsp3) is 0.364. The van der Waals surface area contributed by atoms with Crippen molar-refractivity contribution < 1.29 is 14.6 Å². The minimum atomic E-state index is -0.131. The highest BCUT2D eigenvalue weighted by Gasteiger charge is 2.16. The Morgan fingerprint density at radius 1 is 1.43 bits per heavy atom. The van der Waals surface area contributed by atoms with E-state index >= 15 is 0 Å². The zero-order valence-electron chi connectivity index (χ0n) is 8.57. The molecule has 76 valence electrons. The number of hydrogen-bond donors (Lipinski definition) is 1. The van der Waals surface area contributed by atoms with Gasteiger partial charge in [0.2, 0.25) is 0 Å². The highest BCUT2D eigenvalue weighted by atomic mass is 16.5. The number of ketones is 1. The summed E-state index contributed by atoms with van der Waals surface area (Å²) >= 11 is 0. The first kappa shape index (κ1) is 10.6. The molecule has 1 rings (SSSR count). The first-order chi connectivity index (χ1) is 6.57. The van der Waals surface area contributed by atoms with Crippen molar-refractivity contribution in [1.82, 2.24) is 0 Å². The number of phenolic OH excluding ortho intramolecular Hbond substituents is 1. The van der Waals surface area contributed by atoms with Gasteiger partial charge in [0, 0.05) is 5.92 Å². The monoisotopic (exact) mass is 194 g/mol. The number of hydrogen-bond acceptors (Lipinski definition) is 3. The molecule has 0 heterocycles. The van der Waals surface area contributed by atoms with E-state index < -0.39 is 0 Å². The highest BCUT2D eigenvalue weighted by molar-refractivity contribution is 6.00. The predicted molar refractivity (Wildman–Crippen MR) is 53.8 cm³/mol. The van der Waals surface area contributed by atoms with E-state index in [0.717, 1.165) is 0 Å². The van der Waals surface area contributed by atoms with Gasteiger partial charge in [0.1, 0.15) is 0 Å². The molecule has 1 aromatic rings. The molecule has 3 nitrogen and oxygen atoms in total. The normalized spacial score (nSPS) is 10.3. The molecule has 0 unspecified atom stereocenters. The smallest absolute Gasteiger partial charge is 0.169 e. The third-order valence-electron chi connectivity index (χ3n) is 2.01. The zero-order valence-corrected chi connectivity index (χ0v) is 8.57. The Labute approximate surface area is 83.3 Å². The van der Waals surface area contributed by atoms with Crippen molar-refractivity contribution in [3.8, 4) is 11.5 Å². The zero-order chi connectivity index (χ0) is 10.7. The molecule has 0 amide bonds. The number of para-hydroxylation sites is 1. The topological polar surface area (TPSA) is 46.5 Å². The molecule has 0 fully saturated rings. The van der Waals surface area contributed by atoms with Crippen LogP contribution >= 0.6 is 0 Å². The van der Waals surface area contributed by atoms with Gasteiger partial charge in [-0.2, -0.15) is 0 Å². The average Bonchev–Trinajstić information content (AvgIpc) is 2.17. The Morgan fingerprint density at radius 2 is 2.07 bits per heavy atom. The van der Waals surface area contributed by atoms with Crippen LogP contribution in [0.25, 0.3) is 0 Å². The van der Waals surface area contributed by atoms with E-state index in [1.54, 1.807) is 32.0 Å². The maximum absolute atomic E-state index is 11.6. The molecule has 1 N–H and O–H groups in total. The van der Waals surface area contributed by atoms with Gasteiger partial charge in [-0.3, -0.25) is 4.79 Å². The third kappa shape index (κ3) is 1.87. The van der Waals surface area contributed by atoms with Gasteiger partial charge in [-0.15, -0.1) is 0 Å². The van der Waals surface area contributed by atoms with Crippen LogP contribution in [-0.4, -0.2) is 18.0 Å². The van der Waals surface area contributed by atoms with E-state index in [1.165, 1.54) is 7.11 Å². The molecule has 0 aliphatic carbocycles. The lowest BCUT2D eigenvalue weighted by Gasteiger charge is -2.09. The molecule has 0 aromatic heterocycles. The van der Waals surface area contributed by atoms with Crippen LogP contribution in [0.3, 0.4) is 0 Å². The first-order valence-corrected chi connectivity index (χ1v) is 4.48. The number of carbonyl (C=O) groups excluding carboxylic acids is 1. The lowest BCUT2D eigenvalue weighted by Crippen LogP contribution is -2.07. The number of methoxy groups -OCH3 is 1. The summed E-state index contributed by atoms with van der Waals surface area (Å²) in [7, 11) is 1.46. The van der Waals surface area contributed by atoms with Crippen molar-refractivity contribution in [2.24, 2.45) is 5.92 Å². The van der Waals surface area contributed by atoms with Crippen LogP contribution in [0.4, 0.5) is 0 Å². The van der Waals surface area contributed by atoms with Gasteiger partial charge in [-0.05, 0) is 12.1 Å². The molecule has 0 aliphatic heterocycles. The lowest BCUT2D eigenvalue weighted by molar-refractivity contribution is 0.0936. The molecule has 0 bridgehead atoms. The van der Waals surface area contributed by atoms with Crippen molar-refractivity contribution in [3.63, 3.8) is 0 Å². The summed E-state index contributed by atoms with van der Waals surface area (Å²) in [5.74, 6) is 0.0413. The Kier molecular flexibility index (Phi) is 3.12. The van der Waals surface area contributed by atoms with Crippen LogP contribution in [0.5, 0.6) is 11.5 Å². The summed E-state index contributed by atoms with van der Waals surface area (Å²) in [5.41, 5.74) is 0.319. The molecule has 0 saturated heterocycles. The number of carbonyl (C=O) groups is 1. The van der Waals surface area contributed by atoms with E-state index in [-0.39, 0.29) is 17.5 Å². The van der Waals surface area contributed by atoms with E-state index in [2.05, 4.69) is 0 Å². The minimum Gasteiger partial charge on any atom is -0.504 e. The Bertz CT molecular complexity index is 342. The Morgan fingerprint density at radius 3 is 2.57 bits per heavy atom. The van der Waals surface area contributed by atoms with Gasteiger partial charge in [0.05, 0.1) is 12.7 Å². The molecule has 0 saturated carbocycles. The summed E-state index contributed by atoms with van der Waals surface area (Å²) in [6, 6.07) is 4.90. The van der Waals surface area contributed by atoms with Crippen LogP contribution < -0.4 is 4.74 Å². The van der Waals surface area contributed by atoms with Crippen LogP contribution in [0.15, 0.2) is 18.2 Å². The van der Waals surface area contributed by atoms with Crippen LogP contribution in [0.2, 0.25) is 0 Å². The van der Waals surface area contributed by atoms with Gasteiger partial charge < -0.3 is 9.84 Å². The highest BCUT2D eigenvalue weighted by Crippen LogP contribution is 2.30. The second kappa shape index (κ2) is 4.13. The number of rotatable bonds is 3. The van der Waals surface area contributed by atoms with E-state index in [1.807, 2.05) is 0 Å². The molecule has 3 heteroatoms. The molecule has 1 aromatic carbocycles. The maximum atomic E-state index is 11.6. The third-order valence-corrected chi connectivity index (χ3v) is 2.01. The molecule has 14 heavy (non-hydrogen) atoms. The van der Waals surface area contributed by atoms with Gasteiger partial charge in [0.25, 0.3) is 0 Å². The van der Waals surface area contributed by atoms with E-state index in [9.17, 15) is 9.90 Å². The average molecular weight is 194 g/mol. The van der Waals surface area contributed by atoms with Crippen LogP contribution in [0, 0.1) is 5.92 Å². The van der Waals surface area contributed by atoms with Crippen molar-refractivity contribution in [2.45, 2.75) is 13.8 Å². The number of phenols is 1.